The molecule has 3 rings (SSSR count). The standard InChI is InChI=1S/C17H20N2O2S/c1-13-8-9-17(14(2)12-13)22(20,21)19-11-5-7-16(19)15-6-3-4-10-18-15/h3-4,6,8-10,12,16H,5,7,11H2,1-2H3. The zero-order valence-electron chi connectivity index (χ0n) is 12.9. The Kier molecular flexibility index (Phi) is 4.02. The maximum Gasteiger partial charge on any atom is 0.243 e. The Morgan fingerprint density at radius 1 is 1.18 bits per heavy atom. The summed E-state index contributed by atoms with van der Waals surface area (Å²) in [5, 5.41) is 0. The van der Waals surface area contributed by atoms with Crippen LogP contribution in [-0.4, -0.2) is 24.3 Å². The third-order valence-electron chi connectivity index (χ3n) is 4.15. The fourth-order valence-corrected chi connectivity index (χ4v) is 4.99. The summed E-state index contributed by atoms with van der Waals surface area (Å²) < 4.78 is 27.7. The van der Waals surface area contributed by atoms with Crippen LogP contribution in [-0.2, 0) is 10.0 Å². The van der Waals surface area contributed by atoms with Crippen LogP contribution >= 0.6 is 0 Å². The molecule has 1 aromatic carbocycles. The molecule has 1 atom stereocenters. The van der Waals surface area contributed by atoms with Crippen molar-refractivity contribution in [3.8, 4) is 0 Å². The topological polar surface area (TPSA) is 50.3 Å². The van der Waals surface area contributed by atoms with E-state index < -0.39 is 10.0 Å². The average molecular weight is 316 g/mol. The van der Waals surface area contributed by atoms with E-state index in [0.29, 0.717) is 11.4 Å². The highest BCUT2D eigenvalue weighted by Gasteiger charge is 2.37. The first-order chi connectivity index (χ1) is 10.5. The van der Waals surface area contributed by atoms with Crippen LogP contribution in [0.3, 0.4) is 0 Å². The van der Waals surface area contributed by atoms with Gasteiger partial charge in [-0.2, -0.15) is 4.31 Å². The average Bonchev–Trinajstić information content (AvgIpc) is 2.98. The molecule has 1 unspecified atom stereocenters. The van der Waals surface area contributed by atoms with E-state index >= 15 is 0 Å². The van der Waals surface area contributed by atoms with Gasteiger partial charge in [-0.25, -0.2) is 8.42 Å². The van der Waals surface area contributed by atoms with Gasteiger partial charge in [-0.3, -0.25) is 4.98 Å². The van der Waals surface area contributed by atoms with E-state index in [4.69, 9.17) is 0 Å². The van der Waals surface area contributed by atoms with E-state index in [1.807, 2.05) is 44.2 Å². The van der Waals surface area contributed by atoms with Gasteiger partial charge >= 0.3 is 0 Å². The van der Waals surface area contributed by atoms with Gasteiger partial charge in [0.05, 0.1) is 16.6 Å². The highest BCUT2D eigenvalue weighted by molar-refractivity contribution is 7.89. The van der Waals surface area contributed by atoms with Gasteiger partial charge in [-0.05, 0) is 50.5 Å². The molecule has 0 radical (unpaired) electrons. The molecule has 1 aliphatic rings. The Balaban J connectivity index is 2.01. The molecule has 0 aliphatic carbocycles. The first-order valence-electron chi connectivity index (χ1n) is 7.50. The summed E-state index contributed by atoms with van der Waals surface area (Å²) in [5.74, 6) is 0. The van der Waals surface area contributed by atoms with E-state index in [2.05, 4.69) is 4.98 Å². The lowest BCUT2D eigenvalue weighted by molar-refractivity contribution is 0.390. The van der Waals surface area contributed by atoms with Gasteiger partial charge in [0.1, 0.15) is 0 Å². The molecule has 1 aromatic heterocycles. The highest BCUT2D eigenvalue weighted by atomic mass is 32.2. The second-order valence-corrected chi connectivity index (χ2v) is 7.66. The fourth-order valence-electron chi connectivity index (χ4n) is 3.11. The first-order valence-corrected chi connectivity index (χ1v) is 8.94. The second kappa shape index (κ2) is 5.82. The molecule has 1 aliphatic heterocycles. The number of rotatable bonds is 3. The van der Waals surface area contributed by atoms with E-state index in [1.165, 1.54) is 0 Å². The van der Waals surface area contributed by atoms with Crippen molar-refractivity contribution in [1.82, 2.24) is 9.29 Å². The van der Waals surface area contributed by atoms with Crippen molar-refractivity contribution in [2.75, 3.05) is 6.54 Å². The van der Waals surface area contributed by atoms with Crippen LogP contribution in [0.25, 0.3) is 0 Å². The molecule has 2 aromatic rings. The molecule has 0 spiro atoms. The molecule has 4 nitrogen and oxygen atoms in total. The minimum atomic E-state index is -3.49. The minimum absolute atomic E-state index is 0.160. The van der Waals surface area contributed by atoms with E-state index in [0.717, 1.165) is 29.7 Å². The maximum absolute atomic E-state index is 13.0. The van der Waals surface area contributed by atoms with Crippen molar-refractivity contribution < 1.29 is 8.42 Å². The molecule has 116 valence electrons. The molecule has 0 saturated carbocycles. The molecular formula is C17H20N2O2S. The van der Waals surface area contributed by atoms with Gasteiger partial charge in [0, 0.05) is 12.7 Å². The smallest absolute Gasteiger partial charge is 0.243 e. The SMILES string of the molecule is Cc1ccc(S(=O)(=O)N2CCCC2c2ccccn2)c(C)c1. The van der Waals surface area contributed by atoms with Crippen LogP contribution in [0, 0.1) is 13.8 Å². The summed E-state index contributed by atoms with van der Waals surface area (Å²) in [6.07, 6.45) is 3.40. The van der Waals surface area contributed by atoms with Gasteiger partial charge in [-0.1, -0.05) is 23.8 Å². The van der Waals surface area contributed by atoms with Gasteiger partial charge in [0.25, 0.3) is 0 Å². The van der Waals surface area contributed by atoms with E-state index in [1.54, 1.807) is 16.6 Å². The van der Waals surface area contributed by atoms with Crippen LogP contribution in [0.5, 0.6) is 0 Å². The summed E-state index contributed by atoms with van der Waals surface area (Å²) in [7, 11) is -3.49. The predicted molar refractivity (Wildman–Crippen MR) is 86.0 cm³/mol. The Morgan fingerprint density at radius 3 is 2.68 bits per heavy atom. The Bertz CT molecular complexity index is 773. The lowest BCUT2D eigenvalue weighted by Gasteiger charge is -2.24. The van der Waals surface area contributed by atoms with Crippen LogP contribution in [0.4, 0.5) is 0 Å². The molecule has 0 N–H and O–H groups in total. The summed E-state index contributed by atoms with van der Waals surface area (Å²) in [4.78, 5) is 4.75. The second-order valence-electron chi connectivity index (χ2n) is 5.80. The number of pyridine rings is 1. The molecule has 2 heterocycles. The molecule has 0 bridgehead atoms. The number of hydrogen-bond donors (Lipinski definition) is 0. The maximum atomic E-state index is 13.0. The van der Waals surface area contributed by atoms with Crippen molar-refractivity contribution in [3.63, 3.8) is 0 Å². The molecule has 1 saturated heterocycles. The van der Waals surface area contributed by atoms with Gasteiger partial charge in [-0.15, -0.1) is 0 Å². The van der Waals surface area contributed by atoms with Crippen molar-refractivity contribution >= 4 is 10.0 Å². The number of aryl methyl sites for hydroxylation is 2. The van der Waals surface area contributed by atoms with E-state index in [9.17, 15) is 8.42 Å². The third-order valence-corrected chi connectivity index (χ3v) is 6.22. The van der Waals surface area contributed by atoms with Crippen LogP contribution in [0.2, 0.25) is 0 Å². The number of nitrogens with zero attached hydrogens (tertiary/aromatic N) is 2. The van der Waals surface area contributed by atoms with Crippen molar-refractivity contribution in [2.24, 2.45) is 0 Å². The first kappa shape index (κ1) is 15.2. The number of benzene rings is 1. The summed E-state index contributed by atoms with van der Waals surface area (Å²) in [5.41, 5.74) is 2.69. The fraction of sp³-hybridized carbons (Fsp3) is 0.353. The highest BCUT2D eigenvalue weighted by Crippen LogP contribution is 2.36. The van der Waals surface area contributed by atoms with Gasteiger partial charge in [0.2, 0.25) is 10.0 Å². The monoisotopic (exact) mass is 316 g/mol. The van der Waals surface area contributed by atoms with Crippen molar-refractivity contribution in [3.05, 3.63) is 59.4 Å². The molecule has 22 heavy (non-hydrogen) atoms. The zero-order valence-corrected chi connectivity index (χ0v) is 13.7. The van der Waals surface area contributed by atoms with Gasteiger partial charge in [0.15, 0.2) is 0 Å². The number of sulfonamides is 1. The summed E-state index contributed by atoms with van der Waals surface area (Å²) in [6.45, 7) is 4.37. The van der Waals surface area contributed by atoms with Crippen LogP contribution < -0.4 is 0 Å². The van der Waals surface area contributed by atoms with Crippen LogP contribution in [0.15, 0.2) is 47.5 Å². The van der Waals surface area contributed by atoms with Crippen LogP contribution in [0.1, 0.15) is 35.7 Å². The largest absolute Gasteiger partial charge is 0.260 e. The Hall–Kier alpha value is -1.72. The molecule has 5 heteroatoms. The Labute approximate surface area is 131 Å². The lowest BCUT2D eigenvalue weighted by atomic mass is 10.1. The van der Waals surface area contributed by atoms with Gasteiger partial charge < -0.3 is 0 Å². The predicted octanol–water partition coefficient (Wildman–Crippen LogP) is 3.22. The summed E-state index contributed by atoms with van der Waals surface area (Å²) in [6, 6.07) is 11.0. The minimum Gasteiger partial charge on any atom is -0.260 e. The Morgan fingerprint density at radius 2 is 2.00 bits per heavy atom. The number of hydrogen-bond acceptors (Lipinski definition) is 3. The number of aromatic nitrogens is 1. The van der Waals surface area contributed by atoms with Crippen molar-refractivity contribution in [2.45, 2.75) is 37.6 Å². The van der Waals surface area contributed by atoms with E-state index in [-0.39, 0.29) is 6.04 Å². The quantitative estimate of drug-likeness (QED) is 0.873. The normalized spacial score (nSPS) is 19.5. The molecular weight excluding hydrogens is 296 g/mol. The molecule has 0 amide bonds. The van der Waals surface area contributed by atoms with Crippen molar-refractivity contribution in [1.29, 1.82) is 0 Å². The third kappa shape index (κ3) is 2.66. The zero-order chi connectivity index (χ0) is 15.7. The summed E-state index contributed by atoms with van der Waals surface area (Å²) >= 11 is 0. The molecule has 1 fully saturated rings. The lowest BCUT2D eigenvalue weighted by Crippen LogP contribution is -2.31.